The van der Waals surface area contributed by atoms with E-state index in [4.69, 9.17) is 4.74 Å². The van der Waals surface area contributed by atoms with E-state index in [2.05, 4.69) is 10.0 Å². The van der Waals surface area contributed by atoms with Crippen molar-refractivity contribution in [1.82, 2.24) is 0 Å². The van der Waals surface area contributed by atoms with Crippen molar-refractivity contribution in [3.8, 4) is 5.75 Å². The highest BCUT2D eigenvalue weighted by Crippen LogP contribution is 2.23. The van der Waals surface area contributed by atoms with E-state index >= 15 is 0 Å². The van der Waals surface area contributed by atoms with Gasteiger partial charge in [0.1, 0.15) is 11.6 Å². The highest BCUT2D eigenvalue weighted by molar-refractivity contribution is 7.92. The zero-order valence-corrected chi connectivity index (χ0v) is 18.2. The fourth-order valence-corrected chi connectivity index (χ4v) is 3.85. The quantitative estimate of drug-likeness (QED) is 0.558. The minimum absolute atomic E-state index is 0.00880. The van der Waals surface area contributed by atoms with Crippen molar-refractivity contribution >= 4 is 27.3 Å². The van der Waals surface area contributed by atoms with E-state index in [1.54, 1.807) is 13.0 Å². The maximum atomic E-state index is 13.0. The Kier molecular flexibility index (Phi) is 6.60. The SMILES string of the molecule is Cc1cccc(O[C@H](C)C(=O)Nc2ccc(S(=O)(=O)Nc3ccc(F)cc3)cc2)c1C. The fraction of sp³-hybridized carbons (Fsp3) is 0.174. The molecule has 0 saturated carbocycles. The first-order valence-corrected chi connectivity index (χ1v) is 11.1. The largest absolute Gasteiger partial charge is 0.481 e. The third kappa shape index (κ3) is 5.61. The summed E-state index contributed by atoms with van der Waals surface area (Å²) >= 11 is 0. The van der Waals surface area contributed by atoms with Crippen LogP contribution in [0.1, 0.15) is 18.1 Å². The maximum Gasteiger partial charge on any atom is 0.265 e. The van der Waals surface area contributed by atoms with E-state index in [1.165, 1.54) is 36.4 Å². The molecule has 0 aliphatic heterocycles. The summed E-state index contributed by atoms with van der Waals surface area (Å²) < 4.78 is 46.1. The van der Waals surface area contributed by atoms with Gasteiger partial charge in [0.05, 0.1) is 4.90 Å². The number of halogens is 1. The van der Waals surface area contributed by atoms with Crippen LogP contribution in [0.4, 0.5) is 15.8 Å². The second-order valence-electron chi connectivity index (χ2n) is 7.08. The zero-order chi connectivity index (χ0) is 22.6. The van der Waals surface area contributed by atoms with Crippen molar-refractivity contribution in [2.75, 3.05) is 10.0 Å². The molecule has 3 aromatic rings. The molecule has 0 aromatic heterocycles. The maximum absolute atomic E-state index is 13.0. The summed E-state index contributed by atoms with van der Waals surface area (Å²) in [4.78, 5) is 12.5. The van der Waals surface area contributed by atoms with Crippen LogP contribution >= 0.6 is 0 Å². The molecule has 0 radical (unpaired) electrons. The highest BCUT2D eigenvalue weighted by atomic mass is 32.2. The lowest BCUT2D eigenvalue weighted by atomic mass is 10.1. The van der Waals surface area contributed by atoms with Gasteiger partial charge < -0.3 is 10.1 Å². The van der Waals surface area contributed by atoms with Crippen LogP contribution in [-0.4, -0.2) is 20.4 Å². The van der Waals surface area contributed by atoms with E-state index < -0.39 is 21.9 Å². The molecule has 1 atom stereocenters. The molecule has 0 saturated heterocycles. The Morgan fingerprint density at radius 2 is 1.55 bits per heavy atom. The van der Waals surface area contributed by atoms with Gasteiger partial charge in [0.2, 0.25) is 0 Å². The smallest absolute Gasteiger partial charge is 0.265 e. The van der Waals surface area contributed by atoms with E-state index in [0.717, 1.165) is 23.3 Å². The lowest BCUT2D eigenvalue weighted by molar-refractivity contribution is -0.122. The van der Waals surface area contributed by atoms with Crippen LogP contribution in [-0.2, 0) is 14.8 Å². The number of hydrogen-bond donors (Lipinski definition) is 2. The number of hydrogen-bond acceptors (Lipinski definition) is 4. The molecule has 0 bridgehead atoms. The minimum Gasteiger partial charge on any atom is -0.481 e. The van der Waals surface area contributed by atoms with Crippen LogP contribution in [0.5, 0.6) is 5.75 Å². The molecule has 6 nitrogen and oxygen atoms in total. The number of nitrogens with one attached hydrogen (secondary N) is 2. The van der Waals surface area contributed by atoms with Crippen LogP contribution in [0.2, 0.25) is 0 Å². The van der Waals surface area contributed by atoms with Crippen LogP contribution in [0, 0.1) is 19.7 Å². The Morgan fingerprint density at radius 3 is 2.19 bits per heavy atom. The highest BCUT2D eigenvalue weighted by Gasteiger charge is 2.18. The van der Waals surface area contributed by atoms with Crippen LogP contribution < -0.4 is 14.8 Å². The Balaban J connectivity index is 1.64. The van der Waals surface area contributed by atoms with Gasteiger partial charge >= 0.3 is 0 Å². The number of anilines is 2. The number of rotatable bonds is 7. The third-order valence-electron chi connectivity index (χ3n) is 4.76. The first kappa shape index (κ1) is 22.3. The summed E-state index contributed by atoms with van der Waals surface area (Å²) in [5.74, 6) is -0.185. The summed E-state index contributed by atoms with van der Waals surface area (Å²) in [6, 6.07) is 16.3. The lowest BCUT2D eigenvalue weighted by Gasteiger charge is -2.17. The van der Waals surface area contributed by atoms with Crippen molar-refractivity contribution in [2.24, 2.45) is 0 Å². The van der Waals surface area contributed by atoms with Crippen LogP contribution in [0.15, 0.2) is 71.6 Å². The molecule has 0 fully saturated rings. The number of amides is 1. The van der Waals surface area contributed by atoms with Crippen LogP contribution in [0.3, 0.4) is 0 Å². The van der Waals surface area contributed by atoms with Gasteiger partial charge in [0, 0.05) is 11.4 Å². The molecule has 0 aliphatic carbocycles. The molecule has 162 valence electrons. The molecule has 0 heterocycles. The van der Waals surface area contributed by atoms with Crippen molar-refractivity contribution in [3.05, 3.63) is 83.7 Å². The summed E-state index contributed by atoms with van der Waals surface area (Å²) in [5, 5.41) is 2.71. The molecule has 8 heteroatoms. The second kappa shape index (κ2) is 9.18. The van der Waals surface area contributed by atoms with Gasteiger partial charge in [0.25, 0.3) is 15.9 Å². The van der Waals surface area contributed by atoms with Crippen molar-refractivity contribution in [1.29, 1.82) is 0 Å². The number of sulfonamides is 1. The number of carbonyl (C=O) groups is 1. The first-order valence-electron chi connectivity index (χ1n) is 9.58. The monoisotopic (exact) mass is 442 g/mol. The summed E-state index contributed by atoms with van der Waals surface area (Å²) in [6.45, 7) is 5.53. The molecule has 31 heavy (non-hydrogen) atoms. The van der Waals surface area contributed by atoms with E-state index in [0.29, 0.717) is 11.4 Å². The van der Waals surface area contributed by atoms with E-state index in [9.17, 15) is 17.6 Å². The summed E-state index contributed by atoms with van der Waals surface area (Å²) in [7, 11) is -3.85. The van der Waals surface area contributed by atoms with Crippen molar-refractivity contribution in [2.45, 2.75) is 31.8 Å². The molecule has 3 aromatic carbocycles. The van der Waals surface area contributed by atoms with Gasteiger partial charge in [-0.3, -0.25) is 9.52 Å². The molecule has 1 amide bonds. The van der Waals surface area contributed by atoms with Crippen molar-refractivity contribution < 1.29 is 22.3 Å². The zero-order valence-electron chi connectivity index (χ0n) is 17.3. The number of ether oxygens (including phenoxy) is 1. The normalized spacial score (nSPS) is 12.1. The Labute approximate surface area is 181 Å². The number of carbonyl (C=O) groups excluding carboxylic acids is 1. The lowest BCUT2D eigenvalue weighted by Crippen LogP contribution is -2.30. The summed E-state index contributed by atoms with van der Waals surface area (Å²) in [6.07, 6.45) is -0.746. The van der Waals surface area contributed by atoms with Gasteiger partial charge in [-0.1, -0.05) is 12.1 Å². The van der Waals surface area contributed by atoms with E-state index in [1.807, 2.05) is 26.0 Å². The average molecular weight is 443 g/mol. The van der Waals surface area contributed by atoms with Gasteiger partial charge in [-0.25, -0.2) is 12.8 Å². The Bertz CT molecular complexity index is 1180. The predicted molar refractivity (Wildman–Crippen MR) is 118 cm³/mol. The van der Waals surface area contributed by atoms with Crippen molar-refractivity contribution in [3.63, 3.8) is 0 Å². The van der Waals surface area contributed by atoms with Gasteiger partial charge in [0.15, 0.2) is 6.10 Å². The third-order valence-corrected chi connectivity index (χ3v) is 6.15. The molecule has 3 rings (SSSR count). The Hall–Kier alpha value is -3.39. The molecule has 0 unspecified atom stereocenters. The van der Waals surface area contributed by atoms with E-state index in [-0.39, 0.29) is 16.5 Å². The Morgan fingerprint density at radius 1 is 0.935 bits per heavy atom. The van der Waals surface area contributed by atoms with Gasteiger partial charge in [-0.05, 0) is 86.5 Å². The number of benzene rings is 3. The number of aryl methyl sites for hydroxylation is 1. The summed E-state index contributed by atoms with van der Waals surface area (Å²) in [5.41, 5.74) is 2.71. The van der Waals surface area contributed by atoms with Gasteiger partial charge in [-0.15, -0.1) is 0 Å². The first-order chi connectivity index (χ1) is 14.7. The average Bonchev–Trinajstić information content (AvgIpc) is 2.73. The molecular weight excluding hydrogens is 419 g/mol. The molecule has 2 N–H and O–H groups in total. The fourth-order valence-electron chi connectivity index (χ4n) is 2.79. The topological polar surface area (TPSA) is 84.5 Å². The molecular formula is C23H23FN2O4S. The van der Waals surface area contributed by atoms with Crippen LogP contribution in [0.25, 0.3) is 0 Å². The standard InChI is InChI=1S/C23H23FN2O4S/c1-15-5-4-6-22(16(15)2)30-17(3)23(27)25-19-11-13-21(14-12-19)31(28,29)26-20-9-7-18(24)8-10-20/h4-14,17,26H,1-3H3,(H,25,27)/t17-/m1/s1. The molecule has 0 spiro atoms. The minimum atomic E-state index is -3.85. The predicted octanol–water partition coefficient (Wildman–Crippen LogP) is 4.65. The van der Waals surface area contributed by atoms with Gasteiger partial charge in [-0.2, -0.15) is 0 Å². The molecule has 0 aliphatic rings. The second-order valence-corrected chi connectivity index (χ2v) is 8.77.